The van der Waals surface area contributed by atoms with Gasteiger partial charge in [0, 0.05) is 12.2 Å². The van der Waals surface area contributed by atoms with Crippen LogP contribution in [0.3, 0.4) is 0 Å². The van der Waals surface area contributed by atoms with Gasteiger partial charge in [0.2, 0.25) is 0 Å². The monoisotopic (exact) mass is 318 g/mol. The van der Waals surface area contributed by atoms with Crippen molar-refractivity contribution in [2.75, 3.05) is 11.4 Å². The van der Waals surface area contributed by atoms with Crippen LogP contribution in [-0.4, -0.2) is 27.4 Å². The van der Waals surface area contributed by atoms with Crippen LogP contribution >= 0.6 is 0 Å². The molecule has 0 saturated heterocycles. The van der Waals surface area contributed by atoms with E-state index in [1.165, 1.54) is 5.56 Å². The predicted octanol–water partition coefficient (Wildman–Crippen LogP) is 2.92. The largest absolute Gasteiger partial charge is 0.307 e. The number of para-hydroxylation sites is 1. The molecule has 0 saturated carbocycles. The Morgan fingerprint density at radius 1 is 1.04 bits per heavy atom. The highest BCUT2D eigenvalue weighted by Crippen LogP contribution is 2.27. The number of benzene rings is 2. The van der Waals surface area contributed by atoms with Crippen LogP contribution in [0.15, 0.2) is 60.8 Å². The zero-order valence-electron chi connectivity index (χ0n) is 13.3. The SMILES string of the molecule is O=C(c1cn(Cc2ccccc2)nn1)N1CCCc2ccccc21. The van der Waals surface area contributed by atoms with Crippen molar-refractivity contribution in [3.8, 4) is 0 Å². The first-order chi connectivity index (χ1) is 11.8. The Kier molecular flexibility index (Phi) is 3.83. The average molecular weight is 318 g/mol. The summed E-state index contributed by atoms with van der Waals surface area (Å²) >= 11 is 0. The average Bonchev–Trinajstić information content (AvgIpc) is 3.10. The maximum Gasteiger partial charge on any atom is 0.280 e. The van der Waals surface area contributed by atoms with Crippen molar-refractivity contribution in [2.45, 2.75) is 19.4 Å². The quantitative estimate of drug-likeness (QED) is 0.746. The molecule has 1 aromatic heterocycles. The highest BCUT2D eigenvalue weighted by atomic mass is 16.2. The van der Waals surface area contributed by atoms with E-state index in [9.17, 15) is 4.79 Å². The standard InChI is InChI=1S/C19H18N4O/c24-19(23-12-6-10-16-9-4-5-11-18(16)23)17-14-22(21-20-17)13-15-7-2-1-3-8-15/h1-5,7-9,11,14H,6,10,12-13H2. The van der Waals surface area contributed by atoms with Gasteiger partial charge in [-0.1, -0.05) is 53.7 Å². The smallest absolute Gasteiger partial charge is 0.280 e. The van der Waals surface area contributed by atoms with Crippen LogP contribution in [0.5, 0.6) is 0 Å². The Morgan fingerprint density at radius 2 is 1.83 bits per heavy atom. The van der Waals surface area contributed by atoms with E-state index in [0.717, 1.165) is 30.6 Å². The third kappa shape index (κ3) is 2.80. The molecular weight excluding hydrogens is 300 g/mol. The predicted molar refractivity (Wildman–Crippen MR) is 92.0 cm³/mol. The molecule has 3 aromatic rings. The summed E-state index contributed by atoms with van der Waals surface area (Å²) in [6.45, 7) is 1.33. The van der Waals surface area contributed by atoms with Crippen molar-refractivity contribution in [3.05, 3.63) is 77.6 Å². The molecule has 0 radical (unpaired) electrons. The molecule has 2 aromatic carbocycles. The van der Waals surface area contributed by atoms with Crippen LogP contribution in [0.25, 0.3) is 0 Å². The lowest BCUT2D eigenvalue weighted by Gasteiger charge is -2.28. The Morgan fingerprint density at radius 3 is 2.71 bits per heavy atom. The summed E-state index contributed by atoms with van der Waals surface area (Å²) in [6.07, 6.45) is 3.72. The van der Waals surface area contributed by atoms with Gasteiger partial charge in [0.1, 0.15) is 0 Å². The second-order valence-electron chi connectivity index (χ2n) is 5.98. The van der Waals surface area contributed by atoms with E-state index in [0.29, 0.717) is 12.2 Å². The molecule has 0 fully saturated rings. The minimum absolute atomic E-state index is 0.0820. The minimum atomic E-state index is -0.0820. The second-order valence-corrected chi connectivity index (χ2v) is 5.98. The van der Waals surface area contributed by atoms with Crippen molar-refractivity contribution in [2.24, 2.45) is 0 Å². The molecule has 4 rings (SSSR count). The van der Waals surface area contributed by atoms with E-state index in [1.54, 1.807) is 10.9 Å². The van der Waals surface area contributed by atoms with Gasteiger partial charge in [-0.3, -0.25) is 4.79 Å². The number of amides is 1. The fraction of sp³-hybridized carbons (Fsp3) is 0.211. The normalized spacial score (nSPS) is 13.6. The van der Waals surface area contributed by atoms with Gasteiger partial charge in [0.05, 0.1) is 12.7 Å². The molecule has 5 heteroatoms. The summed E-state index contributed by atoms with van der Waals surface area (Å²) in [6, 6.07) is 18.1. The fourth-order valence-corrected chi connectivity index (χ4v) is 3.13. The summed E-state index contributed by atoms with van der Waals surface area (Å²) in [4.78, 5) is 14.7. The van der Waals surface area contributed by atoms with Gasteiger partial charge in [-0.15, -0.1) is 5.10 Å². The van der Waals surface area contributed by atoms with Crippen molar-refractivity contribution in [1.82, 2.24) is 15.0 Å². The summed E-state index contributed by atoms with van der Waals surface area (Å²) in [5, 5.41) is 8.18. The lowest BCUT2D eigenvalue weighted by molar-refractivity contribution is 0.0980. The summed E-state index contributed by atoms with van der Waals surface area (Å²) in [7, 11) is 0. The number of anilines is 1. The van der Waals surface area contributed by atoms with Gasteiger partial charge < -0.3 is 4.90 Å². The van der Waals surface area contributed by atoms with Gasteiger partial charge in [0.15, 0.2) is 5.69 Å². The molecule has 0 unspecified atom stereocenters. The van der Waals surface area contributed by atoms with E-state index in [2.05, 4.69) is 16.4 Å². The molecule has 0 N–H and O–H groups in total. The Labute approximate surface area is 140 Å². The molecule has 0 bridgehead atoms. The van der Waals surface area contributed by atoms with Gasteiger partial charge >= 0.3 is 0 Å². The molecule has 0 spiro atoms. The lowest BCUT2D eigenvalue weighted by Crippen LogP contribution is -2.35. The van der Waals surface area contributed by atoms with Gasteiger partial charge in [-0.05, 0) is 30.0 Å². The molecule has 2 heterocycles. The van der Waals surface area contributed by atoms with Crippen molar-refractivity contribution < 1.29 is 4.79 Å². The van der Waals surface area contributed by atoms with Crippen LogP contribution in [0.2, 0.25) is 0 Å². The summed E-state index contributed by atoms with van der Waals surface area (Å²) in [5.41, 5.74) is 3.73. The lowest BCUT2D eigenvalue weighted by atomic mass is 10.0. The van der Waals surface area contributed by atoms with Crippen molar-refractivity contribution >= 4 is 11.6 Å². The third-order valence-electron chi connectivity index (χ3n) is 4.30. The molecule has 24 heavy (non-hydrogen) atoms. The fourth-order valence-electron chi connectivity index (χ4n) is 3.13. The van der Waals surface area contributed by atoms with Gasteiger partial charge in [-0.25, -0.2) is 4.68 Å². The van der Waals surface area contributed by atoms with Gasteiger partial charge in [0.25, 0.3) is 5.91 Å². The first-order valence-corrected chi connectivity index (χ1v) is 8.15. The molecule has 5 nitrogen and oxygen atoms in total. The van der Waals surface area contributed by atoms with Crippen molar-refractivity contribution in [1.29, 1.82) is 0 Å². The molecule has 120 valence electrons. The second kappa shape index (κ2) is 6.28. The van der Waals surface area contributed by atoms with E-state index in [4.69, 9.17) is 0 Å². The highest BCUT2D eigenvalue weighted by Gasteiger charge is 2.25. The number of hydrogen-bond donors (Lipinski definition) is 0. The van der Waals surface area contributed by atoms with Crippen LogP contribution in [0.4, 0.5) is 5.69 Å². The molecule has 1 amide bonds. The van der Waals surface area contributed by atoms with E-state index >= 15 is 0 Å². The molecule has 1 aliphatic rings. The van der Waals surface area contributed by atoms with E-state index < -0.39 is 0 Å². The maximum atomic E-state index is 12.8. The van der Waals surface area contributed by atoms with Crippen LogP contribution in [0.1, 0.15) is 28.0 Å². The Hall–Kier alpha value is -2.95. The number of nitrogens with zero attached hydrogens (tertiary/aromatic N) is 4. The first kappa shape index (κ1) is 14.6. The highest BCUT2D eigenvalue weighted by molar-refractivity contribution is 6.05. The van der Waals surface area contributed by atoms with Crippen LogP contribution in [-0.2, 0) is 13.0 Å². The first-order valence-electron chi connectivity index (χ1n) is 8.15. The van der Waals surface area contributed by atoms with E-state index in [1.807, 2.05) is 53.4 Å². The minimum Gasteiger partial charge on any atom is -0.307 e. The van der Waals surface area contributed by atoms with Gasteiger partial charge in [-0.2, -0.15) is 0 Å². The van der Waals surface area contributed by atoms with E-state index in [-0.39, 0.29) is 5.91 Å². The zero-order valence-corrected chi connectivity index (χ0v) is 13.3. The number of carbonyl (C=O) groups is 1. The molecular formula is C19H18N4O. The Bertz CT molecular complexity index is 857. The summed E-state index contributed by atoms with van der Waals surface area (Å²) in [5.74, 6) is -0.0820. The maximum absolute atomic E-state index is 12.8. The number of aryl methyl sites for hydroxylation is 1. The van der Waals surface area contributed by atoms with Crippen LogP contribution in [0, 0.1) is 0 Å². The number of rotatable bonds is 3. The molecule has 0 atom stereocenters. The number of aromatic nitrogens is 3. The molecule has 1 aliphatic heterocycles. The van der Waals surface area contributed by atoms with Crippen LogP contribution < -0.4 is 4.90 Å². The number of fused-ring (bicyclic) bond motifs is 1. The topological polar surface area (TPSA) is 51.0 Å². The Balaban J connectivity index is 1.56. The number of hydrogen-bond acceptors (Lipinski definition) is 3. The zero-order chi connectivity index (χ0) is 16.4. The third-order valence-corrected chi connectivity index (χ3v) is 4.30. The van der Waals surface area contributed by atoms with Crippen molar-refractivity contribution in [3.63, 3.8) is 0 Å². The summed E-state index contributed by atoms with van der Waals surface area (Å²) < 4.78 is 1.71. The molecule has 0 aliphatic carbocycles. The number of carbonyl (C=O) groups excluding carboxylic acids is 1.